The topological polar surface area (TPSA) is 124 Å². The second-order valence-electron chi connectivity index (χ2n) is 6.23. The number of hydrogen-bond acceptors (Lipinski definition) is 6. The fourth-order valence-corrected chi connectivity index (χ4v) is 2.86. The molecule has 0 unspecified atom stereocenters. The molecule has 9 nitrogen and oxygen atoms in total. The zero-order chi connectivity index (χ0) is 20.8. The summed E-state index contributed by atoms with van der Waals surface area (Å²) in [5, 5.41) is 14.5. The van der Waals surface area contributed by atoms with Gasteiger partial charge < -0.3 is 25.0 Å². The van der Waals surface area contributed by atoms with Gasteiger partial charge in [0.2, 0.25) is 0 Å². The Bertz CT molecular complexity index is 1030. The molecule has 0 spiro atoms. The Kier molecular flexibility index (Phi) is 6.08. The van der Waals surface area contributed by atoms with Gasteiger partial charge in [0.25, 0.3) is 5.91 Å². The number of rotatable bonds is 7. The monoisotopic (exact) mass is 397 g/mol. The molecule has 2 N–H and O–H groups in total. The number of H-pyrrole nitrogens is 1. The first-order valence-corrected chi connectivity index (χ1v) is 8.76. The molecular formula is C20H19N3O6. The standard InChI is InChI=1S/C20H19N3O6/c1-28-20(26)17(10-14-11-21-16-5-3-2-4-15(14)16)22-18(24)12-29-19(25)13-6-8-23(27)9-7-13/h2-9,11,17,21H,10,12H2,1H3,(H,22,24)/t17-/m0/s1. The number of amides is 1. The average Bonchev–Trinajstić information content (AvgIpc) is 3.14. The van der Waals surface area contributed by atoms with Crippen LogP contribution in [0.25, 0.3) is 10.9 Å². The predicted octanol–water partition coefficient (Wildman–Crippen LogP) is 0.859. The number of fused-ring (bicyclic) bond motifs is 1. The highest BCUT2D eigenvalue weighted by Crippen LogP contribution is 2.19. The van der Waals surface area contributed by atoms with Crippen molar-refractivity contribution in [3.05, 3.63) is 71.3 Å². The Labute approximate surface area is 165 Å². The first kappa shape index (κ1) is 19.9. The molecule has 0 saturated heterocycles. The molecule has 0 aliphatic rings. The number of hydrogen-bond donors (Lipinski definition) is 2. The maximum atomic E-state index is 12.2. The summed E-state index contributed by atoms with van der Waals surface area (Å²) in [4.78, 5) is 39.3. The third-order valence-electron chi connectivity index (χ3n) is 4.29. The number of esters is 2. The van der Waals surface area contributed by atoms with E-state index in [4.69, 9.17) is 9.47 Å². The van der Waals surface area contributed by atoms with Crippen molar-refractivity contribution in [2.75, 3.05) is 13.7 Å². The number of methoxy groups -OCH3 is 1. The molecule has 1 amide bonds. The molecule has 1 aromatic carbocycles. The molecule has 0 saturated carbocycles. The number of pyridine rings is 1. The van der Waals surface area contributed by atoms with Crippen LogP contribution in [0.15, 0.2) is 55.0 Å². The zero-order valence-corrected chi connectivity index (χ0v) is 15.6. The number of para-hydroxylation sites is 1. The van der Waals surface area contributed by atoms with Crippen LogP contribution in [0.5, 0.6) is 0 Å². The molecule has 0 fully saturated rings. The van der Waals surface area contributed by atoms with Crippen molar-refractivity contribution in [2.45, 2.75) is 12.5 Å². The number of aromatic nitrogens is 2. The van der Waals surface area contributed by atoms with Gasteiger partial charge in [-0.05, 0) is 11.6 Å². The average molecular weight is 397 g/mol. The molecule has 9 heteroatoms. The van der Waals surface area contributed by atoms with E-state index < -0.39 is 30.5 Å². The molecule has 1 atom stereocenters. The van der Waals surface area contributed by atoms with Gasteiger partial charge in [0, 0.05) is 35.7 Å². The zero-order valence-electron chi connectivity index (χ0n) is 15.6. The van der Waals surface area contributed by atoms with Gasteiger partial charge in [-0.15, -0.1) is 0 Å². The molecule has 0 aliphatic heterocycles. The summed E-state index contributed by atoms with van der Waals surface area (Å²) in [6.45, 7) is -0.577. The van der Waals surface area contributed by atoms with Crippen molar-refractivity contribution in [1.29, 1.82) is 0 Å². The number of ether oxygens (including phenoxy) is 2. The van der Waals surface area contributed by atoms with E-state index in [2.05, 4.69) is 10.3 Å². The first-order chi connectivity index (χ1) is 14.0. The van der Waals surface area contributed by atoms with Crippen LogP contribution < -0.4 is 10.0 Å². The SMILES string of the molecule is COC(=O)[C@H](Cc1c[nH]c2ccccc12)NC(=O)COC(=O)c1cc[n+]([O-])cc1. The van der Waals surface area contributed by atoms with Crippen LogP contribution in [0.1, 0.15) is 15.9 Å². The second kappa shape index (κ2) is 8.87. The molecule has 0 radical (unpaired) electrons. The summed E-state index contributed by atoms with van der Waals surface area (Å²) >= 11 is 0. The summed E-state index contributed by atoms with van der Waals surface area (Å²) in [6, 6.07) is 9.19. The van der Waals surface area contributed by atoms with E-state index in [9.17, 15) is 19.6 Å². The number of nitrogens with one attached hydrogen (secondary N) is 2. The van der Waals surface area contributed by atoms with E-state index in [1.165, 1.54) is 19.2 Å². The molecule has 29 heavy (non-hydrogen) atoms. The van der Waals surface area contributed by atoms with Crippen molar-refractivity contribution in [3.8, 4) is 0 Å². The van der Waals surface area contributed by atoms with Crippen LogP contribution in [-0.2, 0) is 25.5 Å². The quantitative estimate of drug-likeness (QED) is 0.346. The summed E-state index contributed by atoms with van der Waals surface area (Å²) < 4.78 is 10.2. The minimum Gasteiger partial charge on any atom is -0.619 e. The normalized spacial score (nSPS) is 11.6. The number of nitrogens with zero attached hydrogens (tertiary/aromatic N) is 1. The Balaban J connectivity index is 1.62. The van der Waals surface area contributed by atoms with Crippen LogP contribution >= 0.6 is 0 Å². The van der Waals surface area contributed by atoms with Gasteiger partial charge >= 0.3 is 11.9 Å². The predicted molar refractivity (Wildman–Crippen MR) is 102 cm³/mol. The summed E-state index contributed by atoms with van der Waals surface area (Å²) in [5.41, 5.74) is 1.88. The first-order valence-electron chi connectivity index (χ1n) is 8.76. The fourth-order valence-electron chi connectivity index (χ4n) is 2.86. The van der Waals surface area contributed by atoms with Gasteiger partial charge in [0.15, 0.2) is 19.0 Å². The highest BCUT2D eigenvalue weighted by Gasteiger charge is 2.24. The van der Waals surface area contributed by atoms with E-state index in [1.54, 1.807) is 6.20 Å². The number of carbonyl (C=O) groups is 3. The molecule has 2 heterocycles. The number of carbonyl (C=O) groups excluding carboxylic acids is 3. The van der Waals surface area contributed by atoms with Crippen molar-refractivity contribution in [2.24, 2.45) is 0 Å². The lowest BCUT2D eigenvalue weighted by atomic mass is 10.0. The van der Waals surface area contributed by atoms with Crippen LogP contribution in [0.4, 0.5) is 0 Å². The van der Waals surface area contributed by atoms with Crippen molar-refractivity contribution >= 4 is 28.7 Å². The fraction of sp³-hybridized carbons (Fsp3) is 0.200. The molecule has 2 aromatic heterocycles. The van der Waals surface area contributed by atoms with Gasteiger partial charge in [0.05, 0.1) is 12.7 Å². The highest BCUT2D eigenvalue weighted by molar-refractivity contribution is 5.92. The van der Waals surface area contributed by atoms with E-state index in [1.807, 2.05) is 24.3 Å². The van der Waals surface area contributed by atoms with E-state index in [-0.39, 0.29) is 12.0 Å². The third kappa shape index (κ3) is 4.89. The molecular weight excluding hydrogens is 378 g/mol. The van der Waals surface area contributed by atoms with Crippen LogP contribution in [-0.4, -0.2) is 42.6 Å². The van der Waals surface area contributed by atoms with E-state index in [0.29, 0.717) is 4.73 Å². The van der Waals surface area contributed by atoms with Gasteiger partial charge in [-0.1, -0.05) is 18.2 Å². The minimum atomic E-state index is -0.943. The lowest BCUT2D eigenvalue weighted by Crippen LogP contribution is -2.44. The van der Waals surface area contributed by atoms with Crippen LogP contribution in [0.2, 0.25) is 0 Å². The molecule has 150 valence electrons. The minimum absolute atomic E-state index is 0.133. The second-order valence-corrected chi connectivity index (χ2v) is 6.23. The van der Waals surface area contributed by atoms with Crippen molar-refractivity contribution in [1.82, 2.24) is 10.3 Å². The van der Waals surface area contributed by atoms with Gasteiger partial charge in [-0.25, -0.2) is 9.59 Å². The van der Waals surface area contributed by atoms with Crippen LogP contribution in [0, 0.1) is 5.21 Å². The van der Waals surface area contributed by atoms with E-state index >= 15 is 0 Å². The Morgan fingerprint density at radius 2 is 1.90 bits per heavy atom. The lowest BCUT2D eigenvalue weighted by Gasteiger charge is -2.16. The highest BCUT2D eigenvalue weighted by atomic mass is 16.5. The largest absolute Gasteiger partial charge is 0.619 e. The summed E-state index contributed by atoms with van der Waals surface area (Å²) in [5.74, 6) is -2.02. The Hall–Kier alpha value is -3.88. The smallest absolute Gasteiger partial charge is 0.339 e. The van der Waals surface area contributed by atoms with Crippen molar-refractivity contribution < 1.29 is 28.6 Å². The molecule has 3 aromatic rings. The summed E-state index contributed by atoms with van der Waals surface area (Å²) in [6.07, 6.45) is 4.26. The lowest BCUT2D eigenvalue weighted by molar-refractivity contribution is -0.605. The number of benzene rings is 1. The Morgan fingerprint density at radius 1 is 1.17 bits per heavy atom. The molecule has 3 rings (SSSR count). The Morgan fingerprint density at radius 3 is 2.62 bits per heavy atom. The maximum Gasteiger partial charge on any atom is 0.339 e. The van der Waals surface area contributed by atoms with Gasteiger partial charge in [0.1, 0.15) is 6.04 Å². The number of aromatic amines is 1. The molecule has 0 bridgehead atoms. The van der Waals surface area contributed by atoms with Crippen molar-refractivity contribution in [3.63, 3.8) is 0 Å². The van der Waals surface area contributed by atoms with Gasteiger partial charge in [-0.3, -0.25) is 4.79 Å². The molecule has 0 aliphatic carbocycles. The summed E-state index contributed by atoms with van der Waals surface area (Å²) in [7, 11) is 1.23. The van der Waals surface area contributed by atoms with Crippen LogP contribution in [0.3, 0.4) is 0 Å². The third-order valence-corrected chi connectivity index (χ3v) is 4.29. The van der Waals surface area contributed by atoms with Gasteiger partial charge in [-0.2, -0.15) is 4.73 Å². The maximum absolute atomic E-state index is 12.2. The van der Waals surface area contributed by atoms with E-state index in [0.717, 1.165) is 28.9 Å².